The molecular weight excluding hydrogens is 1030 g/mol. The molecule has 0 radical (unpaired) electrons. The van der Waals surface area contributed by atoms with Crippen LogP contribution in [0.5, 0.6) is 0 Å². The molecule has 2 aliphatic rings. The number of likely N-dealkylation sites (N-methyl/N-ethyl adjacent to an activating group) is 4. The zero-order valence-corrected chi connectivity index (χ0v) is 50.3. The van der Waals surface area contributed by atoms with Gasteiger partial charge in [0.15, 0.2) is 6.04 Å². The number of aliphatic hydroxyl groups excluding tert-OH is 1. The van der Waals surface area contributed by atoms with Gasteiger partial charge in [-0.2, -0.15) is 0 Å². The number of carbonyl (C=O) groups excluding carboxylic acids is 8. The van der Waals surface area contributed by atoms with Crippen molar-refractivity contribution in [2.45, 2.75) is 194 Å². The van der Waals surface area contributed by atoms with Crippen LogP contribution >= 0.6 is 0 Å². The third kappa shape index (κ3) is 18.8. The van der Waals surface area contributed by atoms with Gasteiger partial charge in [0.05, 0.1) is 6.10 Å². The maximum absolute atomic E-state index is 15.2. The number of carbonyl (C=O) groups is 9. The number of hydrogen-bond acceptors (Lipinski definition) is 10. The summed E-state index contributed by atoms with van der Waals surface area (Å²) in [5.74, 6) is -6.42. The van der Waals surface area contributed by atoms with Crippen LogP contribution in [-0.4, -0.2) is 171 Å². The summed E-state index contributed by atoms with van der Waals surface area (Å²) in [5.41, 5.74) is 7.33. The van der Waals surface area contributed by atoms with Crippen LogP contribution in [-0.2, 0) is 56.0 Å². The van der Waals surface area contributed by atoms with Crippen molar-refractivity contribution in [1.29, 1.82) is 0 Å². The summed E-state index contributed by atoms with van der Waals surface area (Å²) < 4.78 is 0. The lowest BCUT2D eigenvalue weighted by Crippen LogP contribution is -2.60. The minimum Gasteiger partial charge on any atom is -0.480 e. The number of rotatable bonds is 30. The molecule has 450 valence electrons. The van der Waals surface area contributed by atoms with Gasteiger partial charge in [-0.15, -0.1) is 0 Å². The maximum atomic E-state index is 15.2. The van der Waals surface area contributed by atoms with Crippen molar-refractivity contribution < 1.29 is 53.4 Å². The van der Waals surface area contributed by atoms with Crippen molar-refractivity contribution in [3.05, 3.63) is 71.8 Å². The van der Waals surface area contributed by atoms with E-state index in [1.54, 1.807) is 39.9 Å². The van der Waals surface area contributed by atoms with E-state index in [0.29, 0.717) is 38.6 Å². The van der Waals surface area contributed by atoms with E-state index in [-0.39, 0.29) is 67.1 Å². The van der Waals surface area contributed by atoms with Gasteiger partial charge in [-0.05, 0) is 86.2 Å². The van der Waals surface area contributed by atoms with Gasteiger partial charge in [0.25, 0.3) is 0 Å². The fourth-order valence-electron chi connectivity index (χ4n) is 12.2. The minimum atomic E-state index is -1.54. The molecule has 1 heterocycles. The fourth-order valence-corrected chi connectivity index (χ4v) is 12.2. The van der Waals surface area contributed by atoms with E-state index in [1.165, 1.54) is 28.7 Å². The number of benzene rings is 2. The predicted molar refractivity (Wildman–Crippen MR) is 310 cm³/mol. The van der Waals surface area contributed by atoms with Gasteiger partial charge in [0, 0.05) is 59.9 Å². The second kappa shape index (κ2) is 31.7. The molecule has 6 N–H and O–H groups in total. The van der Waals surface area contributed by atoms with E-state index in [9.17, 15) is 43.8 Å². The molecule has 0 aromatic heterocycles. The number of nitrogens with one attached hydrogen (secondary N) is 2. The zero-order chi connectivity index (χ0) is 60.4. The molecule has 0 spiro atoms. The Balaban J connectivity index is 1.58. The van der Waals surface area contributed by atoms with Crippen LogP contribution in [0.4, 0.5) is 0 Å². The molecule has 8 amide bonds. The summed E-state index contributed by atoms with van der Waals surface area (Å²) in [7, 11) is 6.02. The molecule has 1 saturated carbocycles. The highest BCUT2D eigenvalue weighted by molar-refractivity contribution is 5.96. The van der Waals surface area contributed by atoms with Gasteiger partial charge in [0.2, 0.25) is 47.3 Å². The number of carboxylic acid groups (broad SMARTS) is 1. The van der Waals surface area contributed by atoms with Crippen LogP contribution in [0.15, 0.2) is 60.7 Å². The standard InChI is InChI=1S/C62H96N8O11/c1-38(2)34-47(60(78)69(12)54(43(8)71)62(80)81)64-56(74)52(39(3)4)67(10)51(72)35-40(5)24-22-25-41(6)53(68(11)58(76)42(7)46-30-20-15-21-31-46)57(75)65-48(36-44-26-16-13-17-27-44)59(77)66(9)50(37-45-28-18-14-19-29-45)61(79)70-33-23-32-49(70)55(63)73/h13-14,16-19,26-29,38-43,46-50,52-54,71H,15,20-25,30-37H2,1-12H3,(H2,63,73)(H,64,74)(H,65,75)(H,80,81)/t40-,41?,42-,43+,47-,48-,49-,50?,52-,53-,54-/m0/s1. The Hall–Kier alpha value is -6.37. The summed E-state index contributed by atoms with van der Waals surface area (Å²) in [6.07, 6.45) is 6.70. The topological polar surface area (TPSA) is 260 Å². The molecule has 19 nitrogen and oxygen atoms in total. The first kappa shape index (κ1) is 67.1. The van der Waals surface area contributed by atoms with E-state index >= 15 is 9.59 Å². The lowest BCUT2D eigenvalue weighted by atomic mass is 9.80. The van der Waals surface area contributed by atoms with E-state index in [4.69, 9.17) is 5.73 Å². The van der Waals surface area contributed by atoms with Gasteiger partial charge in [-0.25, -0.2) is 4.79 Å². The highest BCUT2D eigenvalue weighted by Gasteiger charge is 2.43. The maximum Gasteiger partial charge on any atom is 0.329 e. The second-order valence-electron chi connectivity index (χ2n) is 24.2. The third-order valence-corrected chi connectivity index (χ3v) is 16.8. The van der Waals surface area contributed by atoms with Gasteiger partial charge < -0.3 is 51.1 Å². The molecule has 1 aliphatic heterocycles. The SMILES string of the molecule is CC(C)C[C@H](NC(=O)[C@H](C(C)C)N(C)C(=O)C[C@@H](C)CCCC(C)[C@@H](C(=O)N[C@@H](Cc1ccccc1)C(=O)N(C)C(Cc1ccccc1)C(=O)N1CCC[C@H]1C(N)=O)N(C)C(=O)[C@@H](C)C1CCCCC1)C(=O)N(C)[C@H](C(=O)O)[C@@H](C)O. The summed E-state index contributed by atoms with van der Waals surface area (Å²) in [6.45, 7) is 14.7. The molecule has 11 atom stereocenters. The normalized spacial score (nSPS) is 18.5. The average Bonchev–Trinajstić information content (AvgIpc) is 3.99. The quantitative estimate of drug-likeness (QED) is 0.0658. The lowest BCUT2D eigenvalue weighted by Gasteiger charge is -2.38. The van der Waals surface area contributed by atoms with Crippen LogP contribution in [0, 0.1) is 35.5 Å². The number of carboxylic acids is 1. The number of nitrogens with two attached hydrogens (primary N) is 1. The molecule has 4 rings (SSSR count). The smallest absolute Gasteiger partial charge is 0.329 e. The number of likely N-dealkylation sites (tertiary alicyclic amines) is 1. The first-order valence-electron chi connectivity index (χ1n) is 29.4. The largest absolute Gasteiger partial charge is 0.480 e. The lowest BCUT2D eigenvalue weighted by molar-refractivity contribution is -0.155. The van der Waals surface area contributed by atoms with Crippen molar-refractivity contribution in [1.82, 2.24) is 35.1 Å². The van der Waals surface area contributed by atoms with E-state index in [1.807, 2.05) is 95.3 Å². The van der Waals surface area contributed by atoms with E-state index < -0.39 is 95.7 Å². The van der Waals surface area contributed by atoms with E-state index in [2.05, 4.69) is 10.6 Å². The van der Waals surface area contributed by atoms with Gasteiger partial charge in [0.1, 0.15) is 36.3 Å². The Morgan fingerprint density at radius 3 is 1.69 bits per heavy atom. The number of primary amides is 1. The highest BCUT2D eigenvalue weighted by Crippen LogP contribution is 2.32. The average molecular weight is 1130 g/mol. The van der Waals surface area contributed by atoms with Crippen LogP contribution in [0.1, 0.15) is 144 Å². The molecule has 2 aromatic rings. The monoisotopic (exact) mass is 1130 g/mol. The molecule has 0 bridgehead atoms. The van der Waals surface area contributed by atoms with Gasteiger partial charge in [-0.3, -0.25) is 38.4 Å². The van der Waals surface area contributed by atoms with Crippen LogP contribution in [0.2, 0.25) is 0 Å². The molecule has 2 aromatic carbocycles. The second-order valence-corrected chi connectivity index (χ2v) is 24.2. The number of aliphatic carboxylic acids is 1. The third-order valence-electron chi connectivity index (χ3n) is 16.8. The molecule has 1 aliphatic carbocycles. The fraction of sp³-hybridized carbons (Fsp3) is 0.661. The first-order valence-corrected chi connectivity index (χ1v) is 29.4. The summed E-state index contributed by atoms with van der Waals surface area (Å²) in [6, 6.07) is 10.9. The predicted octanol–water partition coefficient (Wildman–Crippen LogP) is 5.44. The molecule has 19 heteroatoms. The van der Waals surface area contributed by atoms with Crippen molar-refractivity contribution in [2.75, 3.05) is 34.7 Å². The van der Waals surface area contributed by atoms with Crippen molar-refractivity contribution in [3.63, 3.8) is 0 Å². The summed E-state index contributed by atoms with van der Waals surface area (Å²) in [5, 5.41) is 25.8. The van der Waals surface area contributed by atoms with Crippen LogP contribution < -0.4 is 16.4 Å². The van der Waals surface area contributed by atoms with Crippen molar-refractivity contribution in [2.24, 2.45) is 41.2 Å². The Morgan fingerprint density at radius 2 is 1.16 bits per heavy atom. The van der Waals surface area contributed by atoms with Crippen molar-refractivity contribution >= 4 is 53.2 Å². The molecular formula is C62H96N8O11. The summed E-state index contributed by atoms with van der Waals surface area (Å²) >= 11 is 0. The summed E-state index contributed by atoms with van der Waals surface area (Å²) in [4.78, 5) is 133. The zero-order valence-electron chi connectivity index (χ0n) is 50.3. The Bertz CT molecular complexity index is 2420. The number of aliphatic hydroxyl groups is 1. The molecule has 2 fully saturated rings. The first-order chi connectivity index (χ1) is 38.2. The van der Waals surface area contributed by atoms with Gasteiger partial charge >= 0.3 is 5.97 Å². The van der Waals surface area contributed by atoms with Crippen LogP contribution in [0.3, 0.4) is 0 Å². The Labute approximate surface area is 481 Å². The highest BCUT2D eigenvalue weighted by atomic mass is 16.4. The number of hydrogen-bond donors (Lipinski definition) is 5. The minimum absolute atomic E-state index is 0.0753. The van der Waals surface area contributed by atoms with E-state index in [0.717, 1.165) is 48.1 Å². The molecule has 81 heavy (non-hydrogen) atoms. The number of amides is 8. The van der Waals surface area contributed by atoms with Crippen molar-refractivity contribution in [3.8, 4) is 0 Å². The Morgan fingerprint density at radius 1 is 0.630 bits per heavy atom. The number of nitrogens with zero attached hydrogens (tertiary/aromatic N) is 5. The molecule has 1 saturated heterocycles. The van der Waals surface area contributed by atoms with Gasteiger partial charge in [-0.1, -0.05) is 141 Å². The Kier molecular flexibility index (Phi) is 26.3. The molecule has 2 unspecified atom stereocenters. The van der Waals surface area contributed by atoms with Crippen LogP contribution in [0.25, 0.3) is 0 Å².